The number of nitrogens with zero attached hydrogens (tertiary/aromatic N) is 4. The molecule has 7 heteroatoms. The second kappa shape index (κ2) is 7.09. The molecule has 2 aromatic heterocycles. The van der Waals surface area contributed by atoms with E-state index in [0.717, 1.165) is 16.8 Å². The summed E-state index contributed by atoms with van der Waals surface area (Å²) < 4.78 is 13.3. The standard InChI is InChI=1S/C21H20N4O3/c26-21(28-12-15-5-2-1-3-6-15)25-17-9-16(10-18(25)14-27-13-17)19-11-23-20-22-7-4-8-24(19)20/h1-9,11,17-18H,10,12-14H2. The molecule has 0 N–H and O–H groups in total. The minimum absolute atomic E-state index is 0.0516. The van der Waals surface area contributed by atoms with Crippen LogP contribution < -0.4 is 0 Å². The van der Waals surface area contributed by atoms with E-state index in [1.54, 1.807) is 6.20 Å². The first-order valence-corrected chi connectivity index (χ1v) is 9.35. The molecule has 0 saturated carbocycles. The maximum absolute atomic E-state index is 12.8. The number of carbonyl (C=O) groups is 1. The number of rotatable bonds is 3. The highest BCUT2D eigenvalue weighted by Crippen LogP contribution is 2.33. The third-order valence-corrected chi connectivity index (χ3v) is 5.23. The van der Waals surface area contributed by atoms with Crippen molar-refractivity contribution in [3.8, 4) is 0 Å². The number of aromatic nitrogens is 3. The zero-order valence-corrected chi connectivity index (χ0v) is 15.3. The number of fused-ring (bicyclic) bond motifs is 3. The van der Waals surface area contributed by atoms with Gasteiger partial charge in [-0.05, 0) is 23.6 Å². The predicted octanol–water partition coefficient (Wildman–Crippen LogP) is 2.92. The van der Waals surface area contributed by atoms with E-state index in [1.165, 1.54) is 0 Å². The Hall–Kier alpha value is -3.19. The van der Waals surface area contributed by atoms with Crippen molar-refractivity contribution in [1.82, 2.24) is 19.3 Å². The lowest BCUT2D eigenvalue weighted by Crippen LogP contribution is -2.56. The van der Waals surface area contributed by atoms with Crippen LogP contribution in [-0.2, 0) is 16.1 Å². The Kier molecular flexibility index (Phi) is 4.29. The molecule has 1 amide bonds. The van der Waals surface area contributed by atoms with Crippen LogP contribution in [0.5, 0.6) is 0 Å². The third-order valence-electron chi connectivity index (χ3n) is 5.23. The molecule has 3 aromatic rings. The number of ether oxygens (including phenoxy) is 2. The van der Waals surface area contributed by atoms with Crippen LogP contribution in [0.25, 0.3) is 11.4 Å². The van der Waals surface area contributed by atoms with Crippen LogP contribution in [0.15, 0.2) is 61.1 Å². The first kappa shape index (κ1) is 16.9. The van der Waals surface area contributed by atoms with Crippen LogP contribution in [-0.4, -0.2) is 50.7 Å². The minimum atomic E-state index is -0.294. The molecule has 5 rings (SSSR count). The predicted molar refractivity (Wildman–Crippen MR) is 102 cm³/mol. The van der Waals surface area contributed by atoms with E-state index in [0.29, 0.717) is 25.4 Å². The highest BCUT2D eigenvalue weighted by Gasteiger charge is 2.39. The molecule has 2 aliphatic heterocycles. The van der Waals surface area contributed by atoms with Crippen LogP contribution in [0.1, 0.15) is 17.7 Å². The topological polar surface area (TPSA) is 69.0 Å². The molecule has 7 nitrogen and oxygen atoms in total. The number of hydrogen-bond donors (Lipinski definition) is 0. The van der Waals surface area contributed by atoms with Crippen molar-refractivity contribution < 1.29 is 14.3 Å². The first-order valence-electron chi connectivity index (χ1n) is 9.35. The zero-order valence-electron chi connectivity index (χ0n) is 15.3. The van der Waals surface area contributed by atoms with Gasteiger partial charge in [0.05, 0.1) is 37.2 Å². The average molecular weight is 376 g/mol. The van der Waals surface area contributed by atoms with Crippen LogP contribution in [0.4, 0.5) is 4.79 Å². The number of morpholine rings is 1. The van der Waals surface area contributed by atoms with Gasteiger partial charge in [0.15, 0.2) is 0 Å². The van der Waals surface area contributed by atoms with E-state index in [4.69, 9.17) is 9.47 Å². The molecule has 1 fully saturated rings. The Morgan fingerprint density at radius 3 is 2.93 bits per heavy atom. The molecule has 1 aromatic carbocycles. The highest BCUT2D eigenvalue weighted by atomic mass is 16.6. The van der Waals surface area contributed by atoms with Gasteiger partial charge in [0.1, 0.15) is 6.61 Å². The van der Waals surface area contributed by atoms with Crippen LogP contribution in [0.2, 0.25) is 0 Å². The quantitative estimate of drug-likeness (QED) is 0.703. The third kappa shape index (κ3) is 3.03. The van der Waals surface area contributed by atoms with Crippen LogP contribution in [0, 0.1) is 0 Å². The van der Waals surface area contributed by atoms with Gasteiger partial charge in [-0.15, -0.1) is 0 Å². The lowest BCUT2D eigenvalue weighted by Gasteiger charge is -2.43. The van der Waals surface area contributed by atoms with Gasteiger partial charge in [0, 0.05) is 12.4 Å². The fraction of sp³-hybridized carbons (Fsp3) is 0.286. The summed E-state index contributed by atoms with van der Waals surface area (Å²) in [6, 6.07) is 11.4. The molecule has 1 saturated heterocycles. The number of carbonyl (C=O) groups excluding carboxylic acids is 1. The van der Waals surface area contributed by atoms with Gasteiger partial charge in [-0.3, -0.25) is 9.30 Å². The Balaban J connectivity index is 1.38. The Bertz CT molecular complexity index is 1030. The second-order valence-corrected chi connectivity index (χ2v) is 7.04. The fourth-order valence-corrected chi connectivity index (χ4v) is 3.93. The summed E-state index contributed by atoms with van der Waals surface area (Å²) in [7, 11) is 0. The summed E-state index contributed by atoms with van der Waals surface area (Å²) in [6.45, 7) is 1.24. The molecular formula is C21H20N4O3. The minimum Gasteiger partial charge on any atom is -0.445 e. The van der Waals surface area contributed by atoms with Gasteiger partial charge in [-0.1, -0.05) is 36.4 Å². The number of benzene rings is 1. The molecule has 0 spiro atoms. The highest BCUT2D eigenvalue weighted by molar-refractivity contribution is 5.74. The Labute approximate surface area is 162 Å². The maximum atomic E-state index is 12.8. The normalized spacial score (nSPS) is 21.4. The smallest absolute Gasteiger partial charge is 0.411 e. The number of amides is 1. The summed E-state index contributed by atoms with van der Waals surface area (Å²) in [4.78, 5) is 23.3. The van der Waals surface area contributed by atoms with Crippen molar-refractivity contribution in [1.29, 1.82) is 0 Å². The largest absolute Gasteiger partial charge is 0.445 e. The summed E-state index contributed by atoms with van der Waals surface area (Å²) in [5, 5.41) is 0. The molecule has 2 atom stereocenters. The monoisotopic (exact) mass is 376 g/mol. The van der Waals surface area contributed by atoms with E-state index in [9.17, 15) is 4.79 Å². The van der Waals surface area contributed by atoms with E-state index >= 15 is 0 Å². The van der Waals surface area contributed by atoms with Crippen molar-refractivity contribution in [2.75, 3.05) is 13.2 Å². The second-order valence-electron chi connectivity index (χ2n) is 7.04. The van der Waals surface area contributed by atoms with E-state index < -0.39 is 0 Å². The van der Waals surface area contributed by atoms with Gasteiger partial charge in [0.25, 0.3) is 0 Å². The van der Waals surface area contributed by atoms with Gasteiger partial charge in [-0.2, -0.15) is 0 Å². The van der Waals surface area contributed by atoms with Crippen molar-refractivity contribution in [2.24, 2.45) is 0 Å². The van der Waals surface area contributed by atoms with E-state index in [-0.39, 0.29) is 24.8 Å². The van der Waals surface area contributed by atoms with Crippen LogP contribution >= 0.6 is 0 Å². The Morgan fingerprint density at radius 1 is 1.18 bits per heavy atom. The molecule has 0 aliphatic carbocycles. The molecule has 2 aliphatic rings. The summed E-state index contributed by atoms with van der Waals surface area (Å²) >= 11 is 0. The van der Waals surface area contributed by atoms with Gasteiger partial charge in [0.2, 0.25) is 5.78 Å². The first-order chi connectivity index (χ1) is 13.8. The maximum Gasteiger partial charge on any atom is 0.411 e. The molecular weight excluding hydrogens is 356 g/mol. The summed E-state index contributed by atoms with van der Waals surface area (Å²) in [6.07, 6.45) is 8.02. The van der Waals surface area contributed by atoms with Crippen molar-refractivity contribution in [2.45, 2.75) is 25.1 Å². The zero-order chi connectivity index (χ0) is 18.9. The molecule has 4 heterocycles. The molecule has 142 valence electrons. The number of hydrogen-bond acceptors (Lipinski definition) is 5. The molecule has 2 bridgehead atoms. The fourth-order valence-electron chi connectivity index (χ4n) is 3.93. The lowest BCUT2D eigenvalue weighted by molar-refractivity contribution is -0.0342. The number of imidazole rings is 1. The molecule has 0 radical (unpaired) electrons. The van der Waals surface area contributed by atoms with Crippen molar-refractivity contribution in [3.63, 3.8) is 0 Å². The van der Waals surface area contributed by atoms with Crippen molar-refractivity contribution >= 4 is 17.4 Å². The SMILES string of the molecule is O=C(OCc1ccccc1)N1C2C=C(c3cnc4ncccn34)CC1COC2. The van der Waals surface area contributed by atoms with E-state index in [1.807, 2.05) is 58.1 Å². The molecule has 2 unspecified atom stereocenters. The van der Waals surface area contributed by atoms with Gasteiger partial charge in [-0.25, -0.2) is 14.8 Å². The van der Waals surface area contributed by atoms with E-state index in [2.05, 4.69) is 16.0 Å². The Morgan fingerprint density at radius 2 is 2.07 bits per heavy atom. The summed E-state index contributed by atoms with van der Waals surface area (Å²) in [5.41, 5.74) is 3.15. The molecule has 28 heavy (non-hydrogen) atoms. The van der Waals surface area contributed by atoms with Gasteiger partial charge < -0.3 is 9.47 Å². The van der Waals surface area contributed by atoms with Crippen molar-refractivity contribution in [3.05, 3.63) is 72.3 Å². The lowest BCUT2D eigenvalue weighted by atomic mass is 9.93. The van der Waals surface area contributed by atoms with Gasteiger partial charge >= 0.3 is 6.09 Å². The van der Waals surface area contributed by atoms with Crippen LogP contribution in [0.3, 0.4) is 0 Å². The average Bonchev–Trinajstić information content (AvgIpc) is 3.16. The summed E-state index contributed by atoms with van der Waals surface area (Å²) in [5.74, 6) is 0.671.